The summed E-state index contributed by atoms with van der Waals surface area (Å²) >= 11 is 0. The zero-order valence-electron chi connectivity index (χ0n) is 7.68. The molecule has 0 amide bonds. The minimum Gasteiger partial charge on any atom is -0.308 e. The van der Waals surface area contributed by atoms with Crippen LogP contribution in [0, 0.1) is 0 Å². The predicted octanol–water partition coefficient (Wildman–Crippen LogP) is 0.953. The van der Waals surface area contributed by atoms with Crippen molar-refractivity contribution in [3.8, 4) is 0 Å². The molecule has 0 fully saturated rings. The molecule has 10 heavy (non-hydrogen) atoms. The Bertz CT molecular complexity index is 83.7. The average Bonchev–Trinajstić information content (AvgIpc) is 1.89. The Morgan fingerprint density at radius 2 is 1.70 bits per heavy atom. The van der Waals surface area contributed by atoms with Crippen molar-refractivity contribution in [3.05, 3.63) is 0 Å². The van der Waals surface area contributed by atoms with Crippen molar-refractivity contribution in [1.29, 1.82) is 0 Å². The van der Waals surface area contributed by atoms with Gasteiger partial charge in [-0.1, -0.05) is 13.8 Å². The lowest BCUT2D eigenvalue weighted by molar-refractivity contribution is 0.436. The summed E-state index contributed by atoms with van der Waals surface area (Å²) < 4.78 is 10.4. The molecule has 0 aromatic carbocycles. The van der Waals surface area contributed by atoms with E-state index in [1.165, 1.54) is 0 Å². The van der Waals surface area contributed by atoms with Gasteiger partial charge in [-0.2, -0.15) is 0 Å². The van der Waals surface area contributed by atoms with E-state index in [1.807, 2.05) is 32.8 Å². The van der Waals surface area contributed by atoms with E-state index in [0.29, 0.717) is 0 Å². The number of nitrogens with zero attached hydrogens (tertiary/aromatic N) is 1. The molecule has 0 aliphatic rings. The fourth-order valence-corrected chi connectivity index (χ4v) is 0.933. The van der Waals surface area contributed by atoms with E-state index >= 15 is 0 Å². The number of hydrogen-bond donors (Lipinski definition) is 0. The predicted molar refractivity (Wildman–Crippen MR) is 48.8 cm³/mol. The Hall–Kier alpha value is 0.110. The minimum absolute atomic E-state index is 0.628. The van der Waals surface area contributed by atoms with Crippen LogP contribution in [0.3, 0.4) is 0 Å². The van der Waals surface area contributed by atoms with Gasteiger partial charge in [0, 0.05) is 29.4 Å². The summed E-state index contributed by atoms with van der Waals surface area (Å²) in [4.78, 5) is 2.03. The molecule has 0 rings (SSSR count). The van der Waals surface area contributed by atoms with Gasteiger partial charge in [-0.3, -0.25) is 4.21 Å². The lowest BCUT2D eigenvalue weighted by atomic mass is 10.7. The largest absolute Gasteiger partial charge is 0.308 e. The molecule has 2 nitrogen and oxygen atoms in total. The van der Waals surface area contributed by atoms with Crippen molar-refractivity contribution in [1.82, 2.24) is 4.90 Å². The van der Waals surface area contributed by atoms with Crippen LogP contribution < -0.4 is 0 Å². The van der Waals surface area contributed by atoms with Gasteiger partial charge < -0.3 is 4.90 Å². The van der Waals surface area contributed by atoms with Crippen molar-refractivity contribution >= 4 is 10.8 Å². The van der Waals surface area contributed by atoms with E-state index in [0.717, 1.165) is 12.3 Å². The highest BCUT2D eigenvalue weighted by Crippen LogP contribution is 1.76. The van der Waals surface area contributed by atoms with Crippen molar-refractivity contribution in [3.63, 3.8) is 0 Å². The summed E-state index contributed by atoms with van der Waals surface area (Å²) in [7, 11) is 3.33. The van der Waals surface area contributed by atoms with Crippen LogP contribution in [-0.4, -0.2) is 41.8 Å². The molecule has 0 bridgehead atoms. The summed E-state index contributed by atoms with van der Waals surface area (Å²) in [5, 5.41) is 0. The molecular formula is C7H19NOS. The average molecular weight is 165 g/mol. The van der Waals surface area contributed by atoms with E-state index in [9.17, 15) is 4.21 Å². The van der Waals surface area contributed by atoms with Crippen molar-refractivity contribution in [2.24, 2.45) is 0 Å². The number of rotatable bonds is 3. The molecule has 1 atom stereocenters. The lowest BCUT2D eigenvalue weighted by Crippen LogP contribution is -2.18. The first-order chi connectivity index (χ1) is 4.63. The number of hydrogen-bond acceptors (Lipinski definition) is 2. The first kappa shape index (κ1) is 12.8. The van der Waals surface area contributed by atoms with Gasteiger partial charge >= 0.3 is 0 Å². The zero-order chi connectivity index (χ0) is 8.57. The van der Waals surface area contributed by atoms with Gasteiger partial charge in [0.2, 0.25) is 0 Å². The van der Waals surface area contributed by atoms with Crippen LogP contribution in [0.15, 0.2) is 0 Å². The SMILES string of the molecule is CC.CN(C)CCS(C)=O. The second-order valence-electron chi connectivity index (χ2n) is 2.08. The maximum Gasteiger partial charge on any atom is 0.0359 e. The molecule has 0 aromatic rings. The van der Waals surface area contributed by atoms with Crippen LogP contribution in [0.5, 0.6) is 0 Å². The molecule has 1 unspecified atom stereocenters. The fraction of sp³-hybridized carbons (Fsp3) is 1.00. The van der Waals surface area contributed by atoms with Gasteiger partial charge in [0.1, 0.15) is 0 Å². The van der Waals surface area contributed by atoms with Gasteiger partial charge in [0.05, 0.1) is 0 Å². The first-order valence-electron chi connectivity index (χ1n) is 3.57. The summed E-state index contributed by atoms with van der Waals surface area (Å²) in [5.41, 5.74) is 0. The van der Waals surface area contributed by atoms with Gasteiger partial charge in [-0.15, -0.1) is 0 Å². The summed E-state index contributed by atoms with van der Waals surface area (Å²) in [6.45, 7) is 4.92. The standard InChI is InChI=1S/C5H13NOS.C2H6/c1-6(2)4-5-8(3)7;1-2/h4-5H2,1-3H3;1-2H3. The Balaban J connectivity index is 0. The van der Waals surface area contributed by atoms with Crippen molar-refractivity contribution in [2.45, 2.75) is 13.8 Å². The molecule has 0 heterocycles. The smallest absolute Gasteiger partial charge is 0.0359 e. The summed E-state index contributed by atoms with van der Waals surface area (Å²) in [5.74, 6) is 0.785. The summed E-state index contributed by atoms with van der Waals surface area (Å²) in [6, 6.07) is 0. The van der Waals surface area contributed by atoms with Gasteiger partial charge in [-0.25, -0.2) is 0 Å². The van der Waals surface area contributed by atoms with Crippen molar-refractivity contribution < 1.29 is 4.21 Å². The normalized spacial score (nSPS) is 12.2. The molecule has 0 spiro atoms. The molecule has 0 saturated carbocycles. The van der Waals surface area contributed by atoms with Crippen LogP contribution in [0.1, 0.15) is 13.8 Å². The first-order valence-corrected chi connectivity index (χ1v) is 5.30. The highest BCUT2D eigenvalue weighted by molar-refractivity contribution is 7.84. The van der Waals surface area contributed by atoms with Gasteiger partial charge in [-0.05, 0) is 14.1 Å². The molecule has 0 aliphatic heterocycles. The van der Waals surface area contributed by atoms with E-state index in [1.54, 1.807) is 6.26 Å². The van der Waals surface area contributed by atoms with Crippen LogP contribution >= 0.6 is 0 Å². The maximum atomic E-state index is 10.4. The molecule has 0 saturated heterocycles. The third kappa shape index (κ3) is 15.7. The maximum absolute atomic E-state index is 10.4. The van der Waals surface area contributed by atoms with Gasteiger partial charge in [0.25, 0.3) is 0 Å². The molecule has 64 valence electrons. The Labute approximate surface area is 67.1 Å². The lowest BCUT2D eigenvalue weighted by Gasteiger charge is -2.05. The molecular weight excluding hydrogens is 146 g/mol. The van der Waals surface area contributed by atoms with E-state index in [2.05, 4.69) is 0 Å². The monoisotopic (exact) mass is 165 g/mol. The second-order valence-corrected chi connectivity index (χ2v) is 3.64. The highest BCUT2D eigenvalue weighted by atomic mass is 32.2. The Morgan fingerprint density at radius 1 is 1.30 bits per heavy atom. The molecule has 3 heteroatoms. The molecule has 0 N–H and O–H groups in total. The molecule has 0 aliphatic carbocycles. The van der Waals surface area contributed by atoms with E-state index in [-0.39, 0.29) is 0 Å². The quantitative estimate of drug-likeness (QED) is 0.620. The van der Waals surface area contributed by atoms with E-state index < -0.39 is 10.8 Å². The molecule has 0 aromatic heterocycles. The van der Waals surface area contributed by atoms with Crippen molar-refractivity contribution in [2.75, 3.05) is 32.6 Å². The van der Waals surface area contributed by atoms with Gasteiger partial charge in [0.15, 0.2) is 0 Å². The third-order valence-corrected chi connectivity index (χ3v) is 1.58. The Kier molecular flexibility index (Phi) is 11.6. The minimum atomic E-state index is -0.628. The molecule has 0 radical (unpaired) electrons. The van der Waals surface area contributed by atoms with Crippen LogP contribution in [0.4, 0.5) is 0 Å². The fourth-order valence-electron chi connectivity index (χ4n) is 0.311. The van der Waals surface area contributed by atoms with Crippen LogP contribution in [0.25, 0.3) is 0 Å². The second kappa shape index (κ2) is 9.11. The zero-order valence-corrected chi connectivity index (χ0v) is 8.49. The highest BCUT2D eigenvalue weighted by Gasteiger charge is 1.90. The van der Waals surface area contributed by atoms with Crippen LogP contribution in [-0.2, 0) is 10.8 Å². The topological polar surface area (TPSA) is 20.3 Å². The third-order valence-electron chi connectivity index (χ3n) is 0.826. The van der Waals surface area contributed by atoms with E-state index in [4.69, 9.17) is 0 Å². The van der Waals surface area contributed by atoms with Crippen LogP contribution in [0.2, 0.25) is 0 Å². The Morgan fingerprint density at radius 3 is 1.80 bits per heavy atom. The summed E-state index contributed by atoms with van der Waals surface area (Å²) in [6.07, 6.45) is 1.73.